The van der Waals surface area contributed by atoms with Crippen LogP contribution in [0.3, 0.4) is 0 Å². The molecule has 0 aliphatic carbocycles. The Labute approximate surface area is 174 Å². The maximum atomic E-state index is 13.9. The molecule has 0 bridgehead atoms. The molecule has 0 spiro atoms. The van der Waals surface area contributed by atoms with Crippen LogP contribution in [0.1, 0.15) is 5.56 Å². The van der Waals surface area contributed by atoms with Crippen LogP contribution in [0.2, 0.25) is 5.02 Å². The minimum atomic E-state index is -4.04. The summed E-state index contributed by atoms with van der Waals surface area (Å²) in [6.07, 6.45) is 0. The van der Waals surface area contributed by atoms with Crippen molar-refractivity contribution in [2.75, 3.05) is 13.1 Å². The van der Waals surface area contributed by atoms with Crippen LogP contribution in [0.15, 0.2) is 55.5 Å². The molecule has 4 rings (SSSR count). The number of thioether (sulfide) groups is 1. The third-order valence-corrected chi connectivity index (χ3v) is 7.92. The van der Waals surface area contributed by atoms with Crippen molar-refractivity contribution in [2.24, 2.45) is 12.0 Å². The summed E-state index contributed by atoms with van der Waals surface area (Å²) in [4.78, 5) is 15.8. The van der Waals surface area contributed by atoms with Gasteiger partial charge in [-0.3, -0.25) is 9.56 Å². The highest BCUT2D eigenvalue weighted by Crippen LogP contribution is 2.32. The number of hydrogen-bond acceptors (Lipinski definition) is 6. The largest absolute Gasteiger partial charge is 0.419 e. The first-order chi connectivity index (χ1) is 13.8. The third-order valence-electron chi connectivity index (χ3n) is 4.49. The van der Waals surface area contributed by atoms with Gasteiger partial charge in [0.1, 0.15) is 10.7 Å². The second-order valence-corrected chi connectivity index (χ2v) is 9.48. The molecule has 7 nitrogen and oxygen atoms in total. The fourth-order valence-electron chi connectivity index (χ4n) is 2.95. The molecule has 1 aliphatic rings. The number of rotatable bonds is 4. The average Bonchev–Trinajstić information content (AvgIpc) is 3.26. The molecule has 0 unspecified atom stereocenters. The van der Waals surface area contributed by atoms with Crippen molar-refractivity contribution in [2.45, 2.75) is 10.6 Å². The number of nitrogens with zero attached hydrogens (tertiary/aromatic N) is 3. The molecule has 0 N–H and O–H groups in total. The van der Waals surface area contributed by atoms with Crippen LogP contribution >= 0.6 is 23.4 Å². The van der Waals surface area contributed by atoms with E-state index in [0.29, 0.717) is 17.6 Å². The van der Waals surface area contributed by atoms with Gasteiger partial charge < -0.3 is 4.42 Å². The van der Waals surface area contributed by atoms with Gasteiger partial charge in [-0.25, -0.2) is 21.9 Å². The third kappa shape index (κ3) is 3.56. The van der Waals surface area contributed by atoms with E-state index in [1.165, 1.54) is 29.8 Å². The summed E-state index contributed by atoms with van der Waals surface area (Å²) in [6.45, 7) is 0.439. The standard InChI is InChI=1S/C18H15ClFN3O4S2/c1-22-14-8-12(19)16(9-15(14)27-18(22)24)29(25,26)23-7-6-21-17(23)28-10-11-4-2-3-5-13(11)20/h2-5,8-9H,6-7,10H2,1H3. The number of aryl methyl sites for hydroxylation is 1. The molecule has 2 aromatic carbocycles. The number of amidine groups is 1. The van der Waals surface area contributed by atoms with E-state index in [-0.39, 0.29) is 38.8 Å². The second kappa shape index (κ2) is 7.51. The normalized spacial score (nSPS) is 14.6. The number of aromatic nitrogens is 1. The zero-order valence-electron chi connectivity index (χ0n) is 15.1. The highest BCUT2D eigenvalue weighted by molar-refractivity contribution is 8.14. The summed E-state index contributed by atoms with van der Waals surface area (Å²) in [5, 5.41) is 0.234. The van der Waals surface area contributed by atoms with Crippen molar-refractivity contribution in [3.8, 4) is 0 Å². The molecule has 29 heavy (non-hydrogen) atoms. The molecule has 0 saturated carbocycles. The summed E-state index contributed by atoms with van der Waals surface area (Å²) in [5.41, 5.74) is 0.968. The van der Waals surface area contributed by atoms with Crippen molar-refractivity contribution < 1.29 is 17.2 Å². The SMILES string of the molecule is Cn1c(=O)oc2cc(S(=O)(=O)N3CCN=C3SCc3ccccc3F)c(Cl)cc21. The monoisotopic (exact) mass is 455 g/mol. The lowest BCUT2D eigenvalue weighted by atomic mass is 10.2. The maximum absolute atomic E-state index is 13.9. The number of sulfonamides is 1. The summed E-state index contributed by atoms with van der Waals surface area (Å²) < 4.78 is 47.8. The van der Waals surface area contributed by atoms with Gasteiger partial charge in [0.25, 0.3) is 10.0 Å². The molecule has 152 valence electrons. The van der Waals surface area contributed by atoms with Gasteiger partial charge in [0, 0.05) is 18.9 Å². The van der Waals surface area contributed by atoms with Crippen molar-refractivity contribution in [3.63, 3.8) is 0 Å². The topological polar surface area (TPSA) is 84.9 Å². The minimum Gasteiger partial charge on any atom is -0.408 e. The molecule has 0 saturated heterocycles. The molecular weight excluding hydrogens is 441 g/mol. The number of oxazole rings is 1. The lowest BCUT2D eigenvalue weighted by Crippen LogP contribution is -2.33. The van der Waals surface area contributed by atoms with Crippen molar-refractivity contribution in [1.82, 2.24) is 8.87 Å². The van der Waals surface area contributed by atoms with Crippen LogP contribution in [-0.2, 0) is 22.8 Å². The maximum Gasteiger partial charge on any atom is 0.419 e. The van der Waals surface area contributed by atoms with Gasteiger partial charge in [0.05, 0.1) is 23.6 Å². The minimum absolute atomic E-state index is 0.0285. The number of halogens is 2. The first-order valence-corrected chi connectivity index (χ1v) is 11.3. The highest BCUT2D eigenvalue weighted by atomic mass is 35.5. The van der Waals surface area contributed by atoms with Crippen LogP contribution in [0.5, 0.6) is 0 Å². The molecule has 0 radical (unpaired) electrons. The molecule has 0 fully saturated rings. The number of hydrogen-bond donors (Lipinski definition) is 0. The molecular formula is C18H15ClFN3O4S2. The highest BCUT2D eigenvalue weighted by Gasteiger charge is 2.33. The van der Waals surface area contributed by atoms with E-state index >= 15 is 0 Å². The molecule has 3 aromatic rings. The fraction of sp³-hybridized carbons (Fsp3) is 0.222. The Hall–Kier alpha value is -2.30. The van der Waals surface area contributed by atoms with Gasteiger partial charge in [0.2, 0.25) is 0 Å². The van der Waals surface area contributed by atoms with E-state index in [9.17, 15) is 17.6 Å². The smallest absolute Gasteiger partial charge is 0.408 e. The fourth-order valence-corrected chi connectivity index (χ4v) is 6.18. The molecule has 1 aromatic heterocycles. The first-order valence-electron chi connectivity index (χ1n) is 8.51. The Morgan fingerprint density at radius 1 is 1.31 bits per heavy atom. The van der Waals surface area contributed by atoms with E-state index in [2.05, 4.69) is 4.99 Å². The van der Waals surface area contributed by atoms with Crippen LogP contribution in [-0.4, -0.2) is 35.5 Å². The molecule has 2 heterocycles. The van der Waals surface area contributed by atoms with Gasteiger partial charge in [-0.05, 0) is 17.7 Å². The van der Waals surface area contributed by atoms with Crippen molar-refractivity contribution >= 4 is 49.7 Å². The summed E-state index contributed by atoms with van der Waals surface area (Å²) in [5.74, 6) is -0.743. The number of benzene rings is 2. The van der Waals surface area contributed by atoms with Gasteiger partial charge in [-0.2, -0.15) is 0 Å². The zero-order valence-corrected chi connectivity index (χ0v) is 17.5. The van der Waals surface area contributed by atoms with E-state index < -0.39 is 15.8 Å². The Bertz CT molecular complexity index is 1300. The molecule has 1 aliphatic heterocycles. The van der Waals surface area contributed by atoms with E-state index in [1.807, 2.05) is 0 Å². The van der Waals surface area contributed by atoms with Crippen LogP contribution in [0, 0.1) is 5.82 Å². The van der Waals surface area contributed by atoms with Crippen molar-refractivity contribution in [1.29, 1.82) is 0 Å². The Kier molecular flexibility index (Phi) is 5.18. The Morgan fingerprint density at radius 2 is 2.07 bits per heavy atom. The Morgan fingerprint density at radius 3 is 2.83 bits per heavy atom. The summed E-state index contributed by atoms with van der Waals surface area (Å²) >= 11 is 7.36. The van der Waals surface area contributed by atoms with E-state index in [0.717, 1.165) is 16.1 Å². The first kappa shape index (κ1) is 20.0. The zero-order chi connectivity index (χ0) is 20.8. The van der Waals surface area contributed by atoms with Gasteiger partial charge >= 0.3 is 5.76 Å². The quantitative estimate of drug-likeness (QED) is 0.603. The predicted molar refractivity (Wildman–Crippen MR) is 110 cm³/mol. The van der Waals surface area contributed by atoms with Crippen LogP contribution < -0.4 is 5.76 Å². The Balaban J connectivity index is 1.65. The molecule has 0 atom stereocenters. The van der Waals surface area contributed by atoms with Crippen LogP contribution in [0.25, 0.3) is 11.1 Å². The van der Waals surface area contributed by atoms with Crippen LogP contribution in [0.4, 0.5) is 4.39 Å². The van der Waals surface area contributed by atoms with Gasteiger partial charge in [-0.15, -0.1) is 0 Å². The van der Waals surface area contributed by atoms with Gasteiger partial charge in [-0.1, -0.05) is 41.6 Å². The number of fused-ring (bicyclic) bond motifs is 1. The lowest BCUT2D eigenvalue weighted by Gasteiger charge is -2.20. The predicted octanol–water partition coefficient (Wildman–Crippen LogP) is 3.22. The molecule has 0 amide bonds. The van der Waals surface area contributed by atoms with E-state index in [4.69, 9.17) is 16.0 Å². The number of aliphatic imine (C=N–C) groups is 1. The lowest BCUT2D eigenvalue weighted by molar-refractivity contribution is 0.525. The summed E-state index contributed by atoms with van der Waals surface area (Å²) in [6, 6.07) is 8.92. The van der Waals surface area contributed by atoms with Gasteiger partial charge in [0.15, 0.2) is 10.8 Å². The molecule has 11 heteroatoms. The summed E-state index contributed by atoms with van der Waals surface area (Å²) in [7, 11) is -2.54. The van der Waals surface area contributed by atoms with E-state index in [1.54, 1.807) is 18.2 Å². The average molecular weight is 456 g/mol. The second-order valence-electron chi connectivity index (χ2n) is 6.30. The van der Waals surface area contributed by atoms with Crippen molar-refractivity contribution in [3.05, 3.63) is 63.4 Å².